The lowest BCUT2D eigenvalue weighted by molar-refractivity contribution is -0.387. The molecule has 0 heterocycles. The van der Waals surface area contributed by atoms with E-state index >= 15 is 0 Å². The van der Waals surface area contributed by atoms with Gasteiger partial charge >= 0.3 is 6.18 Å². The van der Waals surface area contributed by atoms with Gasteiger partial charge < -0.3 is 4.74 Å². The van der Waals surface area contributed by atoms with E-state index in [1.165, 1.54) is 0 Å². The first-order valence-corrected chi connectivity index (χ1v) is 9.34. The third kappa shape index (κ3) is 4.50. The second kappa shape index (κ2) is 7.10. The maximum atomic E-state index is 12.7. The molecule has 0 aliphatic carbocycles. The van der Waals surface area contributed by atoms with Crippen LogP contribution in [0.1, 0.15) is 5.56 Å². The number of hydrogen-bond donors (Lipinski definition) is 0. The molecule has 0 saturated carbocycles. The zero-order valence-corrected chi connectivity index (χ0v) is 15.1. The number of benzene rings is 2. The van der Waals surface area contributed by atoms with Crippen molar-refractivity contribution in [3.8, 4) is 11.5 Å². The van der Waals surface area contributed by atoms with E-state index in [-0.39, 0.29) is 5.75 Å². The van der Waals surface area contributed by atoms with Gasteiger partial charge in [0.1, 0.15) is 5.75 Å². The maximum Gasteiger partial charge on any atom is 0.416 e. The lowest BCUT2D eigenvalue weighted by Crippen LogP contribution is -2.05. The number of nitrogens with zero attached hydrogens (tertiary/aromatic N) is 1. The predicted molar refractivity (Wildman–Crippen MR) is 87.7 cm³/mol. The monoisotopic (exact) mass is 449 g/mol. The number of ether oxygens (including phenoxy) is 1. The van der Waals surface area contributed by atoms with Crippen LogP contribution in [0.5, 0.6) is 11.5 Å². The van der Waals surface area contributed by atoms with E-state index in [0.29, 0.717) is 12.1 Å². The van der Waals surface area contributed by atoms with Crippen LogP contribution in [0.4, 0.5) is 18.9 Å². The Kier molecular flexibility index (Phi) is 5.62. The molecule has 13 heteroatoms. The molecule has 0 amide bonds. The Morgan fingerprint density at radius 2 is 1.62 bits per heavy atom. The summed E-state index contributed by atoms with van der Waals surface area (Å²) in [6.07, 6.45) is -4.70. The Balaban J connectivity index is 2.52. The van der Waals surface area contributed by atoms with Crippen LogP contribution in [-0.2, 0) is 15.2 Å². The summed E-state index contributed by atoms with van der Waals surface area (Å²) in [5.41, 5.74) is -1.93. The van der Waals surface area contributed by atoms with Gasteiger partial charge in [0.25, 0.3) is 14.7 Å². The van der Waals surface area contributed by atoms with Gasteiger partial charge in [-0.15, -0.1) is 0 Å². The molecular weight excluding hydrogens is 446 g/mol. The van der Waals surface area contributed by atoms with Crippen molar-refractivity contribution in [3.63, 3.8) is 0 Å². The summed E-state index contributed by atoms with van der Waals surface area (Å²) < 4.78 is 66.3. The molecule has 0 unspecified atom stereocenters. The average molecular weight is 451 g/mol. The van der Waals surface area contributed by atoms with Crippen LogP contribution in [-0.4, -0.2) is 13.3 Å². The molecule has 0 aliphatic rings. The van der Waals surface area contributed by atoms with E-state index in [9.17, 15) is 31.7 Å². The standard InChI is InChI=1S/C13H5Cl3F3NO5S/c14-8-3-6(13(17,18)19)4-9(15)12(8)25-7-1-2-10(20(21)22)11(5-7)26(16,23)24/h1-5H. The van der Waals surface area contributed by atoms with Crippen molar-refractivity contribution >= 4 is 48.6 Å². The molecular formula is C13H5Cl3F3NO5S. The van der Waals surface area contributed by atoms with Gasteiger partial charge in [0.2, 0.25) is 0 Å². The molecule has 26 heavy (non-hydrogen) atoms. The van der Waals surface area contributed by atoms with Gasteiger partial charge in [-0.3, -0.25) is 10.1 Å². The number of halogens is 6. The van der Waals surface area contributed by atoms with Crippen molar-refractivity contribution in [1.29, 1.82) is 0 Å². The normalized spacial score (nSPS) is 12.1. The summed E-state index contributed by atoms with van der Waals surface area (Å²) in [6, 6.07) is 3.66. The minimum atomic E-state index is -4.70. The summed E-state index contributed by atoms with van der Waals surface area (Å²) in [6.45, 7) is 0. The Hall–Kier alpha value is -1.75. The molecule has 0 fully saturated rings. The van der Waals surface area contributed by atoms with Crippen LogP contribution in [0.2, 0.25) is 10.0 Å². The third-order valence-electron chi connectivity index (χ3n) is 2.94. The van der Waals surface area contributed by atoms with Gasteiger partial charge in [-0.1, -0.05) is 23.2 Å². The van der Waals surface area contributed by atoms with E-state index in [2.05, 4.69) is 0 Å². The minimum Gasteiger partial charge on any atom is -0.454 e. The van der Waals surface area contributed by atoms with Crippen molar-refractivity contribution in [1.82, 2.24) is 0 Å². The summed E-state index contributed by atoms with van der Waals surface area (Å²) in [5.74, 6) is -0.688. The van der Waals surface area contributed by atoms with Gasteiger partial charge in [0, 0.05) is 22.8 Å². The van der Waals surface area contributed by atoms with Crippen molar-refractivity contribution < 1.29 is 31.2 Å². The number of nitro benzene ring substituents is 1. The fourth-order valence-electron chi connectivity index (χ4n) is 1.84. The Bertz CT molecular complexity index is 972. The van der Waals surface area contributed by atoms with Gasteiger partial charge in [0.15, 0.2) is 10.6 Å². The highest BCUT2D eigenvalue weighted by Crippen LogP contribution is 2.42. The van der Waals surface area contributed by atoms with Crippen molar-refractivity contribution in [3.05, 3.63) is 56.1 Å². The minimum absolute atomic E-state index is 0.293. The molecule has 0 radical (unpaired) electrons. The van der Waals surface area contributed by atoms with E-state index in [1.807, 2.05) is 0 Å². The largest absolute Gasteiger partial charge is 0.454 e. The second-order valence-electron chi connectivity index (χ2n) is 4.69. The summed E-state index contributed by atoms with van der Waals surface area (Å²) >= 11 is 11.5. The van der Waals surface area contributed by atoms with Crippen LogP contribution < -0.4 is 4.74 Å². The molecule has 0 aliphatic heterocycles. The SMILES string of the molecule is O=[N+]([O-])c1ccc(Oc2c(Cl)cc(C(F)(F)F)cc2Cl)cc1S(=O)(=O)Cl. The maximum absolute atomic E-state index is 12.7. The van der Waals surface area contributed by atoms with Gasteiger partial charge in [-0.05, 0) is 18.2 Å². The second-order valence-corrected chi connectivity index (χ2v) is 8.04. The zero-order chi connectivity index (χ0) is 19.9. The van der Waals surface area contributed by atoms with E-state index < -0.39 is 52.1 Å². The third-order valence-corrected chi connectivity index (χ3v) is 4.85. The first kappa shape index (κ1) is 20.6. The fourth-order valence-corrected chi connectivity index (χ4v) is 3.43. The number of rotatable bonds is 4. The molecule has 0 N–H and O–H groups in total. The highest BCUT2D eigenvalue weighted by atomic mass is 35.7. The van der Waals surface area contributed by atoms with Crippen molar-refractivity contribution in [2.24, 2.45) is 0 Å². The number of hydrogen-bond acceptors (Lipinski definition) is 5. The van der Waals surface area contributed by atoms with Crippen LogP contribution in [0, 0.1) is 10.1 Å². The van der Waals surface area contributed by atoms with Crippen LogP contribution in [0.15, 0.2) is 35.2 Å². The van der Waals surface area contributed by atoms with Gasteiger partial charge in [0.05, 0.1) is 20.5 Å². The molecule has 2 rings (SSSR count). The summed E-state index contributed by atoms with van der Waals surface area (Å²) in [4.78, 5) is 9.04. The molecule has 0 saturated heterocycles. The van der Waals surface area contributed by atoms with Crippen LogP contribution >= 0.6 is 33.9 Å². The summed E-state index contributed by atoms with van der Waals surface area (Å²) in [5, 5.41) is 9.87. The van der Waals surface area contributed by atoms with Crippen LogP contribution in [0.25, 0.3) is 0 Å². The molecule has 0 atom stereocenters. The van der Waals surface area contributed by atoms with Crippen molar-refractivity contribution in [2.75, 3.05) is 0 Å². The van der Waals surface area contributed by atoms with Gasteiger partial charge in [-0.2, -0.15) is 13.2 Å². The molecule has 6 nitrogen and oxygen atoms in total. The number of alkyl halides is 3. The predicted octanol–water partition coefficient (Wildman–Crippen LogP) is 5.64. The van der Waals surface area contributed by atoms with E-state index in [0.717, 1.165) is 18.2 Å². The van der Waals surface area contributed by atoms with Gasteiger partial charge in [-0.25, -0.2) is 8.42 Å². The lowest BCUT2D eigenvalue weighted by Gasteiger charge is -2.13. The quantitative estimate of drug-likeness (QED) is 0.342. The van der Waals surface area contributed by atoms with E-state index in [1.54, 1.807) is 0 Å². The molecule has 0 aromatic heterocycles. The molecule has 140 valence electrons. The lowest BCUT2D eigenvalue weighted by atomic mass is 10.2. The zero-order valence-electron chi connectivity index (χ0n) is 12.1. The fraction of sp³-hybridized carbons (Fsp3) is 0.0769. The molecule has 2 aromatic carbocycles. The number of nitro groups is 1. The van der Waals surface area contributed by atoms with Crippen LogP contribution in [0.3, 0.4) is 0 Å². The highest BCUT2D eigenvalue weighted by Gasteiger charge is 2.32. The first-order chi connectivity index (χ1) is 11.8. The smallest absolute Gasteiger partial charge is 0.416 e. The molecule has 0 bridgehead atoms. The topological polar surface area (TPSA) is 86.5 Å². The Labute approximate surface area is 158 Å². The Morgan fingerprint density at radius 3 is 2.04 bits per heavy atom. The average Bonchev–Trinajstić information content (AvgIpc) is 2.48. The Morgan fingerprint density at radius 1 is 1.08 bits per heavy atom. The first-order valence-electron chi connectivity index (χ1n) is 6.28. The van der Waals surface area contributed by atoms with Crippen molar-refractivity contribution in [2.45, 2.75) is 11.1 Å². The highest BCUT2D eigenvalue weighted by molar-refractivity contribution is 8.13. The summed E-state index contributed by atoms with van der Waals surface area (Å²) in [7, 11) is 0.648. The molecule has 2 aromatic rings. The van der Waals surface area contributed by atoms with E-state index in [4.69, 9.17) is 38.6 Å². The molecule has 0 spiro atoms.